The van der Waals surface area contributed by atoms with Crippen molar-refractivity contribution in [1.82, 2.24) is 10.2 Å². The van der Waals surface area contributed by atoms with E-state index in [9.17, 15) is 4.79 Å². The van der Waals surface area contributed by atoms with E-state index in [1.807, 2.05) is 18.2 Å². The monoisotopic (exact) mass is 450 g/mol. The van der Waals surface area contributed by atoms with Crippen LogP contribution >= 0.6 is 23.2 Å². The lowest BCUT2D eigenvalue weighted by molar-refractivity contribution is -0.125. The van der Waals surface area contributed by atoms with Gasteiger partial charge >= 0.3 is 0 Å². The molecule has 0 bridgehead atoms. The van der Waals surface area contributed by atoms with E-state index in [-0.39, 0.29) is 24.0 Å². The molecule has 1 N–H and O–H groups in total. The SMILES string of the molecule is CC1C(C(=O)NC[C@H]2CCCO2)C=C(c2cc(Cl)ccc2Cl)N1CC1CCCCC1. The number of carbonyl (C=O) groups excluding carboxylic acids is 1. The summed E-state index contributed by atoms with van der Waals surface area (Å²) < 4.78 is 5.66. The summed E-state index contributed by atoms with van der Waals surface area (Å²) in [6.07, 6.45) is 10.8. The maximum Gasteiger partial charge on any atom is 0.229 e. The van der Waals surface area contributed by atoms with Crippen LogP contribution in [0.15, 0.2) is 24.3 Å². The van der Waals surface area contributed by atoms with E-state index >= 15 is 0 Å². The van der Waals surface area contributed by atoms with Crippen LogP contribution in [0.25, 0.3) is 5.70 Å². The van der Waals surface area contributed by atoms with Gasteiger partial charge < -0.3 is 15.0 Å². The molecule has 1 saturated carbocycles. The van der Waals surface area contributed by atoms with Crippen LogP contribution < -0.4 is 5.32 Å². The van der Waals surface area contributed by atoms with Gasteiger partial charge in [0, 0.05) is 47.0 Å². The highest BCUT2D eigenvalue weighted by Crippen LogP contribution is 2.39. The molecule has 0 aromatic heterocycles. The topological polar surface area (TPSA) is 41.6 Å². The van der Waals surface area contributed by atoms with Crippen molar-refractivity contribution in [3.8, 4) is 0 Å². The predicted octanol–water partition coefficient (Wildman–Crippen LogP) is 5.53. The van der Waals surface area contributed by atoms with E-state index < -0.39 is 0 Å². The fourth-order valence-corrected chi connectivity index (χ4v) is 5.49. The van der Waals surface area contributed by atoms with Crippen LogP contribution in [0.4, 0.5) is 0 Å². The Morgan fingerprint density at radius 1 is 1.17 bits per heavy atom. The Bertz CT molecular complexity index is 785. The van der Waals surface area contributed by atoms with Crippen LogP contribution in [0.3, 0.4) is 0 Å². The number of rotatable bonds is 6. The summed E-state index contributed by atoms with van der Waals surface area (Å²) >= 11 is 12.9. The van der Waals surface area contributed by atoms with Gasteiger partial charge in [-0.15, -0.1) is 0 Å². The molecule has 1 saturated heterocycles. The third-order valence-corrected chi connectivity index (χ3v) is 7.44. The van der Waals surface area contributed by atoms with Crippen molar-refractivity contribution in [3.63, 3.8) is 0 Å². The van der Waals surface area contributed by atoms with Crippen LogP contribution in [0.5, 0.6) is 0 Å². The number of nitrogens with zero attached hydrogens (tertiary/aromatic N) is 1. The molecule has 1 aromatic rings. The predicted molar refractivity (Wildman–Crippen MR) is 123 cm³/mol. The number of hydrogen-bond donors (Lipinski definition) is 1. The van der Waals surface area contributed by atoms with Crippen LogP contribution in [-0.4, -0.2) is 42.6 Å². The zero-order valence-corrected chi connectivity index (χ0v) is 19.2. The second-order valence-electron chi connectivity index (χ2n) is 8.98. The first-order chi connectivity index (χ1) is 14.5. The zero-order valence-electron chi connectivity index (χ0n) is 17.7. The third-order valence-electron chi connectivity index (χ3n) is 6.87. The van der Waals surface area contributed by atoms with Gasteiger partial charge in [-0.1, -0.05) is 42.5 Å². The number of ether oxygens (including phenoxy) is 1. The fourth-order valence-electron chi connectivity index (χ4n) is 5.10. The van der Waals surface area contributed by atoms with Gasteiger partial charge in [0.25, 0.3) is 0 Å². The van der Waals surface area contributed by atoms with Gasteiger partial charge in [-0.3, -0.25) is 4.79 Å². The first-order valence-electron chi connectivity index (χ1n) is 11.4. The van der Waals surface area contributed by atoms with Crippen molar-refractivity contribution in [2.45, 2.75) is 64.0 Å². The molecule has 2 heterocycles. The summed E-state index contributed by atoms with van der Waals surface area (Å²) in [5.74, 6) is 0.524. The minimum Gasteiger partial charge on any atom is -0.376 e. The van der Waals surface area contributed by atoms with E-state index in [4.69, 9.17) is 27.9 Å². The molecule has 0 radical (unpaired) electrons. The number of hydrogen-bond acceptors (Lipinski definition) is 3. The molecule has 2 unspecified atom stereocenters. The van der Waals surface area contributed by atoms with Crippen molar-refractivity contribution in [2.24, 2.45) is 11.8 Å². The molecule has 4 nitrogen and oxygen atoms in total. The lowest BCUT2D eigenvalue weighted by atomic mass is 9.88. The molecule has 3 atom stereocenters. The van der Waals surface area contributed by atoms with Crippen LogP contribution in [-0.2, 0) is 9.53 Å². The summed E-state index contributed by atoms with van der Waals surface area (Å²) in [4.78, 5) is 15.5. The quantitative estimate of drug-likeness (QED) is 0.619. The molecule has 1 aromatic carbocycles. The third kappa shape index (κ3) is 4.98. The molecule has 3 aliphatic rings. The molecular weight excluding hydrogens is 419 g/mol. The average molecular weight is 451 g/mol. The first kappa shape index (κ1) is 22.0. The van der Waals surface area contributed by atoms with Gasteiger partial charge in [0.1, 0.15) is 0 Å². The van der Waals surface area contributed by atoms with Crippen LogP contribution in [0, 0.1) is 11.8 Å². The Labute approximate surface area is 189 Å². The van der Waals surface area contributed by atoms with Gasteiger partial charge in [-0.2, -0.15) is 0 Å². The number of benzene rings is 1. The Kier molecular flexibility index (Phi) is 7.28. The average Bonchev–Trinajstić information content (AvgIpc) is 3.38. The molecule has 4 rings (SSSR count). The lowest BCUT2D eigenvalue weighted by Gasteiger charge is -2.35. The molecule has 1 amide bonds. The van der Waals surface area contributed by atoms with Crippen molar-refractivity contribution >= 4 is 34.8 Å². The second-order valence-corrected chi connectivity index (χ2v) is 9.82. The first-order valence-corrected chi connectivity index (χ1v) is 12.1. The highest BCUT2D eigenvalue weighted by atomic mass is 35.5. The summed E-state index contributed by atoms with van der Waals surface area (Å²) in [7, 11) is 0. The highest BCUT2D eigenvalue weighted by Gasteiger charge is 2.38. The van der Waals surface area contributed by atoms with E-state index in [0.717, 1.165) is 37.3 Å². The van der Waals surface area contributed by atoms with E-state index in [1.165, 1.54) is 32.1 Å². The molecule has 164 valence electrons. The van der Waals surface area contributed by atoms with Gasteiger partial charge in [0.2, 0.25) is 5.91 Å². The van der Waals surface area contributed by atoms with Gasteiger partial charge in [0.15, 0.2) is 0 Å². The molecular formula is C24H32Cl2N2O2. The number of carbonyl (C=O) groups is 1. The van der Waals surface area contributed by atoms with Crippen molar-refractivity contribution in [2.75, 3.05) is 19.7 Å². The van der Waals surface area contributed by atoms with Crippen molar-refractivity contribution in [1.29, 1.82) is 0 Å². The van der Waals surface area contributed by atoms with Gasteiger partial charge in [-0.05, 0) is 62.8 Å². The van der Waals surface area contributed by atoms with E-state index in [1.54, 1.807) is 0 Å². The smallest absolute Gasteiger partial charge is 0.229 e. The van der Waals surface area contributed by atoms with E-state index in [2.05, 4.69) is 23.2 Å². The Balaban J connectivity index is 1.55. The van der Waals surface area contributed by atoms with Gasteiger partial charge in [0.05, 0.1) is 12.0 Å². The Morgan fingerprint density at radius 3 is 2.70 bits per heavy atom. The molecule has 2 fully saturated rings. The summed E-state index contributed by atoms with van der Waals surface area (Å²) in [6.45, 7) is 4.51. The molecule has 6 heteroatoms. The minimum atomic E-state index is -0.208. The standard InChI is InChI=1S/C24H32Cl2N2O2/c1-16-20(24(29)27-14-19-8-5-11-30-19)13-23(21-12-18(25)9-10-22(21)26)28(16)15-17-6-3-2-4-7-17/h9-10,12-13,16-17,19-20H,2-8,11,14-15H2,1H3,(H,27,29)/t16?,19-,20?/m1/s1. The molecule has 2 aliphatic heterocycles. The van der Waals surface area contributed by atoms with Gasteiger partial charge in [-0.25, -0.2) is 0 Å². The van der Waals surface area contributed by atoms with Crippen LogP contribution in [0.2, 0.25) is 10.0 Å². The number of amides is 1. The zero-order chi connectivity index (χ0) is 21.1. The number of nitrogens with one attached hydrogen (secondary N) is 1. The Morgan fingerprint density at radius 2 is 1.97 bits per heavy atom. The normalized spacial score (nSPS) is 27.4. The van der Waals surface area contributed by atoms with Crippen LogP contribution in [0.1, 0.15) is 57.4 Å². The molecule has 30 heavy (non-hydrogen) atoms. The number of halogens is 2. The highest BCUT2D eigenvalue weighted by molar-refractivity contribution is 6.34. The largest absolute Gasteiger partial charge is 0.376 e. The summed E-state index contributed by atoms with van der Waals surface area (Å²) in [5.41, 5.74) is 1.96. The molecule has 1 aliphatic carbocycles. The minimum absolute atomic E-state index is 0.0693. The summed E-state index contributed by atoms with van der Waals surface area (Å²) in [5, 5.41) is 4.46. The fraction of sp³-hybridized carbons (Fsp3) is 0.625. The van der Waals surface area contributed by atoms with E-state index in [0.29, 0.717) is 22.5 Å². The second kappa shape index (κ2) is 9.93. The Hall–Kier alpha value is -1.23. The molecule has 0 spiro atoms. The maximum atomic E-state index is 13.1. The summed E-state index contributed by atoms with van der Waals surface area (Å²) in [6, 6.07) is 5.66. The lowest BCUT2D eigenvalue weighted by Crippen LogP contribution is -2.43. The van der Waals surface area contributed by atoms with Crippen molar-refractivity contribution < 1.29 is 9.53 Å². The maximum absolute atomic E-state index is 13.1. The van der Waals surface area contributed by atoms with Crippen molar-refractivity contribution in [3.05, 3.63) is 39.9 Å².